The summed E-state index contributed by atoms with van der Waals surface area (Å²) in [7, 11) is 0. The van der Waals surface area contributed by atoms with Crippen LogP contribution in [0.25, 0.3) is 32.1 Å². The molecular weight excluding hydrogens is 812 g/mol. The second kappa shape index (κ2) is 12.1. The first-order valence-corrected chi connectivity index (χ1v) is 21.1. The zero-order valence-corrected chi connectivity index (χ0v) is 33.9. The Morgan fingerprint density at radius 2 is 2.00 bits per heavy atom. The minimum absolute atomic E-state index is 0.00233. The number of likely N-dealkylation sites (tertiary alicyclic amines) is 1. The molecule has 6 atom stereocenters. The Balaban J connectivity index is 1.04. The summed E-state index contributed by atoms with van der Waals surface area (Å²) >= 11 is 14.0. The van der Waals surface area contributed by atoms with Gasteiger partial charge >= 0.3 is 12.0 Å². The number of hydrogen-bond donors (Lipinski definition) is 1. The lowest BCUT2D eigenvalue weighted by Crippen LogP contribution is -2.65. The number of carbonyl (C=O) groups excluding carboxylic acids is 1. The quantitative estimate of drug-likeness (QED) is 0.180. The number of ether oxygens (including phenoxy) is 1. The monoisotopic (exact) mass is 848 g/mol. The molecule has 4 aliphatic heterocycles. The van der Waals surface area contributed by atoms with E-state index in [1.807, 2.05) is 4.90 Å². The van der Waals surface area contributed by atoms with Crippen molar-refractivity contribution in [3.8, 4) is 23.2 Å². The van der Waals surface area contributed by atoms with Crippen LogP contribution in [0.3, 0.4) is 0 Å². The molecule has 0 radical (unpaired) electrons. The fourth-order valence-electron chi connectivity index (χ4n) is 12.0. The number of halogens is 5. The Kier molecular flexibility index (Phi) is 7.63. The van der Waals surface area contributed by atoms with Gasteiger partial charge in [-0.3, -0.25) is 4.90 Å². The van der Waals surface area contributed by atoms with Crippen LogP contribution in [0.4, 0.5) is 28.8 Å². The highest BCUT2D eigenvalue weighted by atomic mass is 35.5. The Morgan fingerprint density at radius 1 is 1.19 bits per heavy atom. The number of hydrogen-bond acceptors (Lipinski definition) is 11. The number of thiophene rings is 1. The summed E-state index contributed by atoms with van der Waals surface area (Å²) in [5, 5.41) is 14.8. The van der Waals surface area contributed by atoms with E-state index in [9.17, 15) is 14.4 Å². The maximum absolute atomic E-state index is 17.5. The lowest BCUT2D eigenvalue weighted by molar-refractivity contribution is 0.00797. The van der Waals surface area contributed by atoms with Gasteiger partial charge in [0.25, 0.3) is 0 Å². The Labute approximate surface area is 344 Å². The van der Waals surface area contributed by atoms with Crippen molar-refractivity contribution in [2.45, 2.75) is 75.7 Å². The zero-order chi connectivity index (χ0) is 40.3. The number of aromatic nitrogens is 5. The maximum atomic E-state index is 17.5. The lowest BCUT2D eigenvalue weighted by Gasteiger charge is -2.52. The molecule has 1 amide bonds. The molecule has 2 aliphatic carbocycles. The molecule has 58 heavy (non-hydrogen) atoms. The highest BCUT2D eigenvalue weighted by Gasteiger charge is 2.94. The molecule has 1 spiro atoms. The summed E-state index contributed by atoms with van der Waals surface area (Å²) in [5.41, 5.74) is 4.98. The van der Waals surface area contributed by atoms with Gasteiger partial charge in [0.15, 0.2) is 5.82 Å². The van der Waals surface area contributed by atoms with Crippen LogP contribution >= 0.6 is 34.5 Å². The van der Waals surface area contributed by atoms with Gasteiger partial charge in [-0.15, -0.1) is 16.4 Å². The third kappa shape index (κ3) is 4.64. The lowest BCUT2D eigenvalue weighted by atomic mass is 9.77. The van der Waals surface area contributed by atoms with Crippen LogP contribution in [0.2, 0.25) is 10.3 Å². The largest absolute Gasteiger partial charge is 0.461 e. The van der Waals surface area contributed by atoms with Crippen LogP contribution in [0, 0.1) is 39.7 Å². The maximum Gasteiger partial charge on any atom is 0.346 e. The molecule has 6 aliphatic rings. The number of rotatable bonds is 6. The SMILES string of the molecule is C[C@H]1CC2[C@@]3(CN1c1nc(OC[C@@]45CCCN4C[C@H](F)C5)nc4c(F)c(-c5ccc(F)c6sc(N)c(C#N)c56)c(Cl)cc14)CN(C(=O)n1cnc(Cl)n1)[C@]23C1(C)CC1. The van der Waals surface area contributed by atoms with Crippen molar-refractivity contribution in [2.75, 3.05) is 43.4 Å². The van der Waals surface area contributed by atoms with E-state index in [-0.39, 0.29) is 89.0 Å². The number of nitrogens with two attached hydrogens (primary N) is 1. The number of alkyl halides is 1. The Hall–Kier alpha value is -4.43. The van der Waals surface area contributed by atoms with E-state index in [2.05, 4.69) is 44.8 Å². The van der Waals surface area contributed by atoms with Gasteiger partial charge in [0.05, 0.1) is 26.4 Å². The number of nitrogens with zero attached hydrogens (tertiary/aromatic N) is 9. The number of piperidine rings is 1. The fourth-order valence-corrected chi connectivity index (χ4v) is 13.4. The molecular formula is C40H37Cl2F3N10O2S. The predicted molar refractivity (Wildman–Crippen MR) is 213 cm³/mol. The van der Waals surface area contributed by atoms with Crippen molar-refractivity contribution in [3.05, 3.63) is 52.0 Å². The molecule has 3 aromatic heterocycles. The van der Waals surface area contributed by atoms with Gasteiger partial charge in [-0.1, -0.05) is 24.6 Å². The molecule has 12 nitrogen and oxygen atoms in total. The molecule has 2 saturated carbocycles. The summed E-state index contributed by atoms with van der Waals surface area (Å²) in [6.45, 7) is 6.62. The van der Waals surface area contributed by atoms with Gasteiger partial charge in [-0.05, 0) is 86.2 Å². The highest BCUT2D eigenvalue weighted by Crippen LogP contribution is 2.86. The van der Waals surface area contributed by atoms with Crippen LogP contribution in [0.15, 0.2) is 24.5 Å². The van der Waals surface area contributed by atoms with E-state index in [4.69, 9.17) is 38.7 Å². The first-order chi connectivity index (χ1) is 27.8. The van der Waals surface area contributed by atoms with Crippen molar-refractivity contribution >= 4 is 72.4 Å². The second-order valence-corrected chi connectivity index (χ2v) is 19.3. The van der Waals surface area contributed by atoms with Gasteiger partial charge in [0.2, 0.25) is 5.28 Å². The van der Waals surface area contributed by atoms with Crippen LogP contribution in [-0.2, 0) is 0 Å². The summed E-state index contributed by atoms with van der Waals surface area (Å²) in [6.07, 6.45) is 5.09. The van der Waals surface area contributed by atoms with Crippen LogP contribution in [-0.4, -0.2) is 96.6 Å². The van der Waals surface area contributed by atoms with Crippen LogP contribution < -0.4 is 15.4 Å². The van der Waals surface area contributed by atoms with Gasteiger partial charge in [-0.2, -0.15) is 19.9 Å². The normalized spacial score (nSPS) is 30.6. The molecule has 2 aromatic carbocycles. The number of fused-ring (bicyclic) bond motifs is 4. The molecule has 7 heterocycles. The van der Waals surface area contributed by atoms with Gasteiger partial charge in [-0.25, -0.2) is 22.9 Å². The minimum Gasteiger partial charge on any atom is -0.461 e. The van der Waals surface area contributed by atoms with Crippen molar-refractivity contribution in [1.29, 1.82) is 5.26 Å². The predicted octanol–water partition coefficient (Wildman–Crippen LogP) is 7.83. The fraction of sp³-hybridized carbons (Fsp3) is 0.500. The van der Waals surface area contributed by atoms with Crippen molar-refractivity contribution in [1.82, 2.24) is 34.5 Å². The van der Waals surface area contributed by atoms with E-state index in [0.29, 0.717) is 37.3 Å². The summed E-state index contributed by atoms with van der Waals surface area (Å²) in [4.78, 5) is 33.9. The molecule has 18 heteroatoms. The number of carbonyl (C=O) groups is 1. The van der Waals surface area contributed by atoms with Gasteiger partial charge in [0, 0.05) is 53.8 Å². The first-order valence-electron chi connectivity index (χ1n) is 19.5. The van der Waals surface area contributed by atoms with E-state index < -0.39 is 28.9 Å². The number of nitriles is 1. The topological polar surface area (TPSA) is 142 Å². The summed E-state index contributed by atoms with van der Waals surface area (Å²) in [6, 6.07) is 5.86. The van der Waals surface area contributed by atoms with Crippen molar-refractivity contribution < 1.29 is 22.7 Å². The average Bonchev–Trinajstić information content (AvgIpc) is 3.57. The molecule has 4 saturated heterocycles. The molecule has 6 fully saturated rings. The van der Waals surface area contributed by atoms with Gasteiger partial charge in [0.1, 0.15) is 47.3 Å². The Morgan fingerprint density at radius 3 is 2.74 bits per heavy atom. The molecule has 0 bridgehead atoms. The second-order valence-electron chi connectivity index (χ2n) is 17.5. The van der Waals surface area contributed by atoms with E-state index >= 15 is 8.78 Å². The molecule has 11 rings (SSSR count). The summed E-state index contributed by atoms with van der Waals surface area (Å²) in [5.74, 6) is -0.734. The molecule has 5 aromatic rings. The van der Waals surface area contributed by atoms with Crippen molar-refractivity contribution in [2.24, 2.45) is 16.7 Å². The number of amides is 1. The average molecular weight is 850 g/mol. The highest BCUT2D eigenvalue weighted by molar-refractivity contribution is 7.23. The van der Waals surface area contributed by atoms with E-state index in [1.165, 1.54) is 23.1 Å². The Bertz CT molecular complexity index is 2690. The first kappa shape index (κ1) is 36.6. The molecule has 1 unspecified atom stereocenters. The number of benzene rings is 2. The molecule has 300 valence electrons. The van der Waals surface area contributed by atoms with Gasteiger partial charge < -0.3 is 20.3 Å². The van der Waals surface area contributed by atoms with Crippen LogP contribution in [0.1, 0.15) is 57.9 Å². The van der Waals surface area contributed by atoms with E-state index in [1.54, 1.807) is 6.07 Å². The number of nitrogen functional groups attached to an aromatic ring is 1. The standard InChI is InChI=1S/C40H37Cl2F3N10O2S/c1-19-10-26-39(16-54(40(26,39)37(2)7-8-37)36(56)55-18-48-34(42)51-55)15-53(19)33-22-11-24(41)28(21-4-5-25(44)31-27(21)23(13-46)32(47)58-31)29(45)30(22)49-35(50-33)57-17-38-6-3-9-52(38)14-20(43)12-38/h4-5,11,18-20,26H,3,6-10,12,14-17,47H2,1-2H3/t19-,20+,26?,38-,39+,40-/m0/s1. The minimum atomic E-state index is -0.972. The van der Waals surface area contributed by atoms with E-state index in [0.717, 1.165) is 50.0 Å². The third-order valence-electron chi connectivity index (χ3n) is 14.6. The number of anilines is 2. The summed E-state index contributed by atoms with van der Waals surface area (Å²) < 4.78 is 55.1. The third-order valence-corrected chi connectivity index (χ3v) is 16.1. The van der Waals surface area contributed by atoms with Crippen molar-refractivity contribution in [3.63, 3.8) is 0 Å². The zero-order valence-electron chi connectivity index (χ0n) is 31.5. The smallest absolute Gasteiger partial charge is 0.346 e. The molecule has 2 N–H and O–H groups in total. The van der Waals surface area contributed by atoms with Crippen LogP contribution in [0.5, 0.6) is 6.01 Å².